The number of hydrogen-bond acceptors (Lipinski definition) is 2. The van der Waals surface area contributed by atoms with Crippen molar-refractivity contribution < 1.29 is 13.9 Å². The zero-order valence-corrected chi connectivity index (χ0v) is 10.4. The molecule has 1 rings (SSSR count). The van der Waals surface area contributed by atoms with Crippen molar-refractivity contribution in [2.75, 3.05) is 7.11 Å². The van der Waals surface area contributed by atoms with Gasteiger partial charge in [0.25, 0.3) is 0 Å². The summed E-state index contributed by atoms with van der Waals surface area (Å²) in [5, 5.41) is 0. The van der Waals surface area contributed by atoms with Crippen molar-refractivity contribution in [2.45, 2.75) is 19.3 Å². The van der Waals surface area contributed by atoms with E-state index in [4.69, 9.17) is 0 Å². The van der Waals surface area contributed by atoms with Gasteiger partial charge >= 0.3 is 5.97 Å². The first kappa shape index (κ1) is 12.2. The molecule has 0 aliphatic rings. The summed E-state index contributed by atoms with van der Waals surface area (Å²) in [5.74, 6) is -0.779. The molecular formula is C11H12BrFO2. The maximum atomic E-state index is 13.3. The highest BCUT2D eigenvalue weighted by molar-refractivity contribution is 9.10. The van der Waals surface area contributed by atoms with Crippen molar-refractivity contribution in [3.8, 4) is 0 Å². The van der Waals surface area contributed by atoms with Crippen LogP contribution in [0.15, 0.2) is 22.7 Å². The first-order valence-electron chi connectivity index (χ1n) is 4.44. The number of carbonyl (C=O) groups is 1. The lowest BCUT2D eigenvalue weighted by Gasteiger charge is -2.23. The Morgan fingerprint density at radius 1 is 1.47 bits per heavy atom. The minimum atomic E-state index is -0.865. The van der Waals surface area contributed by atoms with E-state index >= 15 is 0 Å². The van der Waals surface area contributed by atoms with Crippen LogP contribution in [-0.2, 0) is 14.9 Å². The third-order valence-corrected chi connectivity index (χ3v) is 3.13. The fourth-order valence-electron chi connectivity index (χ4n) is 1.35. The van der Waals surface area contributed by atoms with Gasteiger partial charge in [0.15, 0.2) is 0 Å². The summed E-state index contributed by atoms with van der Waals surface area (Å²) in [7, 11) is 1.32. The van der Waals surface area contributed by atoms with Gasteiger partial charge in [-0.15, -0.1) is 0 Å². The van der Waals surface area contributed by atoms with E-state index in [2.05, 4.69) is 20.7 Å². The predicted octanol–water partition coefficient (Wildman–Crippen LogP) is 3.04. The first-order chi connectivity index (χ1) is 6.91. The summed E-state index contributed by atoms with van der Waals surface area (Å²) in [4.78, 5) is 11.5. The minimum Gasteiger partial charge on any atom is -0.468 e. The number of halogens is 2. The molecule has 0 saturated carbocycles. The summed E-state index contributed by atoms with van der Waals surface area (Å²) >= 11 is 3.13. The van der Waals surface area contributed by atoms with Crippen LogP contribution < -0.4 is 0 Å². The second-order valence-corrected chi connectivity index (χ2v) is 4.51. The third kappa shape index (κ3) is 2.20. The van der Waals surface area contributed by atoms with Gasteiger partial charge in [0.2, 0.25) is 0 Å². The van der Waals surface area contributed by atoms with Crippen LogP contribution in [0.25, 0.3) is 0 Å². The van der Waals surface area contributed by atoms with Gasteiger partial charge in [-0.2, -0.15) is 0 Å². The molecule has 15 heavy (non-hydrogen) atoms. The second-order valence-electron chi connectivity index (χ2n) is 3.72. The van der Waals surface area contributed by atoms with Crippen LogP contribution in [0.2, 0.25) is 0 Å². The van der Waals surface area contributed by atoms with E-state index in [-0.39, 0.29) is 5.82 Å². The molecule has 2 nitrogen and oxygen atoms in total. The van der Waals surface area contributed by atoms with Crippen LogP contribution in [0, 0.1) is 5.82 Å². The molecule has 82 valence electrons. The van der Waals surface area contributed by atoms with Crippen molar-refractivity contribution in [1.29, 1.82) is 0 Å². The van der Waals surface area contributed by atoms with Crippen LogP contribution >= 0.6 is 15.9 Å². The van der Waals surface area contributed by atoms with Gasteiger partial charge in [-0.3, -0.25) is 4.79 Å². The fraction of sp³-hybridized carbons (Fsp3) is 0.364. The molecule has 0 amide bonds. The standard InChI is InChI=1S/C11H12BrFO2/c1-11(2,10(14)15-3)7-5-4-6-8(13)9(7)12/h4-6H,1-3H3. The normalized spacial score (nSPS) is 11.3. The molecule has 4 heteroatoms. The monoisotopic (exact) mass is 274 g/mol. The van der Waals surface area contributed by atoms with E-state index in [9.17, 15) is 9.18 Å². The Kier molecular flexibility index (Phi) is 3.50. The lowest BCUT2D eigenvalue weighted by atomic mass is 9.85. The summed E-state index contributed by atoms with van der Waals surface area (Å²) in [6, 6.07) is 4.60. The van der Waals surface area contributed by atoms with Gasteiger partial charge in [0.1, 0.15) is 5.82 Å². The average Bonchev–Trinajstić information content (AvgIpc) is 2.20. The molecule has 0 bridgehead atoms. The molecule has 0 saturated heterocycles. The Labute approximate surface area is 96.6 Å². The van der Waals surface area contributed by atoms with Crippen molar-refractivity contribution in [3.05, 3.63) is 34.1 Å². The molecule has 0 aromatic heterocycles. The molecule has 0 fully saturated rings. The minimum absolute atomic E-state index is 0.306. The summed E-state index contributed by atoms with van der Waals surface area (Å²) in [6.45, 7) is 3.39. The van der Waals surface area contributed by atoms with Crippen molar-refractivity contribution in [2.24, 2.45) is 0 Å². The SMILES string of the molecule is COC(=O)C(C)(C)c1cccc(F)c1Br. The predicted molar refractivity (Wildman–Crippen MR) is 59.1 cm³/mol. The van der Waals surface area contributed by atoms with E-state index in [0.29, 0.717) is 10.0 Å². The number of hydrogen-bond donors (Lipinski definition) is 0. The Bertz CT molecular complexity index is 388. The Hall–Kier alpha value is -0.900. The number of ether oxygens (including phenoxy) is 1. The number of rotatable bonds is 2. The zero-order valence-electron chi connectivity index (χ0n) is 8.80. The average molecular weight is 275 g/mol. The summed E-state index contributed by atoms with van der Waals surface area (Å²) < 4.78 is 18.3. The van der Waals surface area contributed by atoms with E-state index in [1.54, 1.807) is 26.0 Å². The molecule has 0 spiro atoms. The van der Waals surface area contributed by atoms with Crippen LogP contribution in [0.1, 0.15) is 19.4 Å². The molecule has 1 aromatic rings. The Morgan fingerprint density at radius 2 is 2.07 bits per heavy atom. The Balaban J connectivity index is 3.27. The maximum absolute atomic E-state index is 13.3. The lowest BCUT2D eigenvalue weighted by Crippen LogP contribution is -2.30. The number of carbonyl (C=O) groups excluding carboxylic acids is 1. The van der Waals surface area contributed by atoms with E-state index < -0.39 is 11.4 Å². The molecule has 0 N–H and O–H groups in total. The molecule has 0 radical (unpaired) electrons. The molecular weight excluding hydrogens is 263 g/mol. The molecule has 0 aliphatic carbocycles. The topological polar surface area (TPSA) is 26.3 Å². The van der Waals surface area contributed by atoms with Crippen LogP contribution in [0.3, 0.4) is 0 Å². The van der Waals surface area contributed by atoms with Crippen molar-refractivity contribution in [3.63, 3.8) is 0 Å². The summed E-state index contributed by atoms with van der Waals surface area (Å²) in [6.07, 6.45) is 0. The van der Waals surface area contributed by atoms with Crippen LogP contribution in [0.5, 0.6) is 0 Å². The molecule has 0 unspecified atom stereocenters. The zero-order chi connectivity index (χ0) is 11.6. The first-order valence-corrected chi connectivity index (χ1v) is 5.23. The smallest absolute Gasteiger partial charge is 0.315 e. The van der Waals surface area contributed by atoms with Gasteiger partial charge < -0.3 is 4.74 Å². The van der Waals surface area contributed by atoms with E-state index in [1.807, 2.05) is 0 Å². The van der Waals surface area contributed by atoms with E-state index in [1.165, 1.54) is 13.2 Å². The van der Waals surface area contributed by atoms with Gasteiger partial charge in [-0.05, 0) is 41.4 Å². The second kappa shape index (κ2) is 4.31. The third-order valence-electron chi connectivity index (χ3n) is 2.32. The number of methoxy groups -OCH3 is 1. The Morgan fingerprint density at radius 3 is 2.60 bits per heavy atom. The summed E-state index contributed by atoms with van der Waals surface area (Å²) in [5.41, 5.74) is -0.287. The fourth-order valence-corrected chi connectivity index (χ4v) is 2.11. The van der Waals surface area contributed by atoms with Gasteiger partial charge in [-0.1, -0.05) is 12.1 Å². The molecule has 0 atom stereocenters. The lowest BCUT2D eigenvalue weighted by molar-refractivity contribution is -0.146. The molecule has 0 aliphatic heterocycles. The molecule has 0 heterocycles. The maximum Gasteiger partial charge on any atom is 0.315 e. The highest BCUT2D eigenvalue weighted by Gasteiger charge is 2.33. The highest BCUT2D eigenvalue weighted by atomic mass is 79.9. The highest BCUT2D eigenvalue weighted by Crippen LogP contribution is 2.32. The van der Waals surface area contributed by atoms with Crippen LogP contribution in [0.4, 0.5) is 4.39 Å². The van der Waals surface area contributed by atoms with Crippen molar-refractivity contribution >= 4 is 21.9 Å². The largest absolute Gasteiger partial charge is 0.468 e. The molecule has 1 aromatic carbocycles. The van der Waals surface area contributed by atoms with Gasteiger partial charge in [-0.25, -0.2) is 4.39 Å². The number of esters is 1. The van der Waals surface area contributed by atoms with Crippen LogP contribution in [-0.4, -0.2) is 13.1 Å². The van der Waals surface area contributed by atoms with Crippen molar-refractivity contribution in [1.82, 2.24) is 0 Å². The number of benzene rings is 1. The van der Waals surface area contributed by atoms with Gasteiger partial charge in [0, 0.05) is 0 Å². The quantitative estimate of drug-likeness (QED) is 0.775. The van der Waals surface area contributed by atoms with Gasteiger partial charge in [0.05, 0.1) is 17.0 Å². The van der Waals surface area contributed by atoms with E-state index in [0.717, 1.165) is 0 Å².